The van der Waals surface area contributed by atoms with Crippen LogP contribution in [-0.2, 0) is 16.1 Å². The fourth-order valence-electron chi connectivity index (χ4n) is 3.14. The van der Waals surface area contributed by atoms with E-state index in [1.54, 1.807) is 31.9 Å². The van der Waals surface area contributed by atoms with Crippen molar-refractivity contribution in [1.29, 1.82) is 0 Å². The number of piperazine rings is 1. The van der Waals surface area contributed by atoms with E-state index in [0.29, 0.717) is 32.8 Å². The van der Waals surface area contributed by atoms with Crippen molar-refractivity contribution in [1.82, 2.24) is 15.2 Å². The molecule has 0 saturated carbocycles. The lowest BCUT2D eigenvalue weighted by molar-refractivity contribution is -0.130. The molecule has 1 saturated heterocycles. The predicted molar refractivity (Wildman–Crippen MR) is 118 cm³/mol. The molecule has 2 aromatic rings. The second kappa shape index (κ2) is 10.1. The van der Waals surface area contributed by atoms with Crippen molar-refractivity contribution in [3.63, 3.8) is 0 Å². The molecule has 1 N–H and O–H groups in total. The van der Waals surface area contributed by atoms with Crippen molar-refractivity contribution in [2.45, 2.75) is 33.0 Å². The molecule has 0 atom stereocenters. The van der Waals surface area contributed by atoms with E-state index in [4.69, 9.17) is 9.47 Å². The normalized spacial score (nSPS) is 14.2. The average Bonchev–Trinajstić information content (AvgIpc) is 2.76. The molecule has 2 amide bonds. The minimum atomic E-state index is -0.589. The van der Waals surface area contributed by atoms with Crippen molar-refractivity contribution < 1.29 is 19.1 Å². The molecule has 3 rings (SSSR count). The number of benzene rings is 1. The molecular weight excluding hydrogens is 396 g/mol. The number of aromatic nitrogens is 1. The van der Waals surface area contributed by atoms with Crippen LogP contribution in [0.25, 0.3) is 0 Å². The van der Waals surface area contributed by atoms with E-state index < -0.39 is 11.7 Å². The number of anilines is 1. The van der Waals surface area contributed by atoms with Crippen molar-refractivity contribution in [3.05, 3.63) is 54.2 Å². The zero-order chi connectivity index (χ0) is 22.3. The summed E-state index contributed by atoms with van der Waals surface area (Å²) in [5.41, 5.74) is 0.516. The van der Waals surface area contributed by atoms with Gasteiger partial charge in [0.15, 0.2) is 0 Å². The monoisotopic (exact) mass is 426 g/mol. The second-order valence-corrected chi connectivity index (χ2v) is 8.35. The number of pyridine rings is 1. The second-order valence-electron chi connectivity index (χ2n) is 8.35. The highest BCUT2D eigenvalue weighted by Crippen LogP contribution is 2.18. The summed E-state index contributed by atoms with van der Waals surface area (Å²) in [7, 11) is 0. The molecule has 1 aliphatic heterocycles. The van der Waals surface area contributed by atoms with E-state index in [1.807, 2.05) is 42.5 Å². The molecule has 1 fully saturated rings. The van der Waals surface area contributed by atoms with Gasteiger partial charge in [-0.05, 0) is 38.5 Å². The van der Waals surface area contributed by atoms with E-state index in [1.165, 1.54) is 0 Å². The van der Waals surface area contributed by atoms with E-state index in [0.717, 1.165) is 17.1 Å². The van der Waals surface area contributed by atoms with E-state index in [9.17, 15) is 9.59 Å². The highest BCUT2D eigenvalue weighted by atomic mass is 16.6. The van der Waals surface area contributed by atoms with Crippen LogP contribution in [0, 0.1) is 0 Å². The van der Waals surface area contributed by atoms with Crippen LogP contribution in [0.2, 0.25) is 0 Å². The van der Waals surface area contributed by atoms with Crippen LogP contribution < -0.4 is 15.0 Å². The number of hydrogen-bond acceptors (Lipinski definition) is 6. The highest BCUT2D eigenvalue weighted by Gasteiger charge is 2.23. The number of carbonyl (C=O) groups is 2. The minimum absolute atomic E-state index is 0.0688. The Balaban J connectivity index is 1.41. The van der Waals surface area contributed by atoms with Crippen molar-refractivity contribution in [2.75, 3.05) is 37.6 Å². The first-order valence-corrected chi connectivity index (χ1v) is 10.4. The van der Waals surface area contributed by atoms with Gasteiger partial charge in [0.1, 0.15) is 30.3 Å². The molecule has 1 aliphatic rings. The Bertz CT molecular complexity index is 857. The first kappa shape index (κ1) is 22.4. The third-order valence-electron chi connectivity index (χ3n) is 4.71. The van der Waals surface area contributed by atoms with Crippen LogP contribution in [0.3, 0.4) is 0 Å². The Morgan fingerprint density at radius 1 is 1.03 bits per heavy atom. The number of rotatable bonds is 6. The van der Waals surface area contributed by atoms with Gasteiger partial charge in [0.25, 0.3) is 0 Å². The summed E-state index contributed by atoms with van der Waals surface area (Å²) in [5, 5.41) is 2.52. The fourth-order valence-corrected chi connectivity index (χ4v) is 3.14. The summed E-state index contributed by atoms with van der Waals surface area (Å²) in [6.07, 6.45) is 1.14. The molecule has 0 unspecified atom stereocenters. The topological polar surface area (TPSA) is 84.0 Å². The summed E-state index contributed by atoms with van der Waals surface area (Å²) in [5.74, 6) is 1.45. The SMILES string of the molecule is CC(C)(C)OC(=O)NCC(=O)N1CCN(c2ccc(OCc3ccccc3)cn2)CC1. The standard InChI is InChI=1S/C23H30N4O4/c1-23(2,3)31-22(29)25-16-21(28)27-13-11-26(12-14-27)20-10-9-19(15-24-20)30-17-18-7-5-4-6-8-18/h4-10,15H,11-14,16-17H2,1-3H3,(H,25,29). The molecule has 0 aliphatic carbocycles. The van der Waals surface area contributed by atoms with E-state index in [2.05, 4.69) is 15.2 Å². The number of carbonyl (C=O) groups excluding carboxylic acids is 2. The van der Waals surface area contributed by atoms with Gasteiger partial charge in [0, 0.05) is 26.2 Å². The smallest absolute Gasteiger partial charge is 0.408 e. The minimum Gasteiger partial charge on any atom is -0.487 e. The summed E-state index contributed by atoms with van der Waals surface area (Å²) < 4.78 is 10.9. The summed E-state index contributed by atoms with van der Waals surface area (Å²) in [6.45, 7) is 8.27. The molecule has 8 nitrogen and oxygen atoms in total. The number of ether oxygens (including phenoxy) is 2. The van der Waals surface area contributed by atoms with Crippen molar-refractivity contribution >= 4 is 17.8 Å². The maximum absolute atomic E-state index is 12.3. The quantitative estimate of drug-likeness (QED) is 0.765. The van der Waals surface area contributed by atoms with E-state index >= 15 is 0 Å². The molecule has 8 heteroatoms. The zero-order valence-corrected chi connectivity index (χ0v) is 18.3. The van der Waals surface area contributed by atoms with Gasteiger partial charge in [-0.3, -0.25) is 4.79 Å². The molecular formula is C23H30N4O4. The maximum atomic E-state index is 12.3. The van der Waals surface area contributed by atoms with Crippen LogP contribution >= 0.6 is 0 Å². The van der Waals surface area contributed by atoms with Gasteiger partial charge in [-0.1, -0.05) is 30.3 Å². The number of alkyl carbamates (subject to hydrolysis) is 1. The number of hydrogen-bond donors (Lipinski definition) is 1. The molecule has 1 aromatic heterocycles. The first-order chi connectivity index (χ1) is 14.8. The zero-order valence-electron chi connectivity index (χ0n) is 18.3. The summed E-state index contributed by atoms with van der Waals surface area (Å²) in [6, 6.07) is 13.8. The van der Waals surface area contributed by atoms with Crippen LogP contribution in [0.15, 0.2) is 48.7 Å². The molecule has 0 bridgehead atoms. The fraction of sp³-hybridized carbons (Fsp3) is 0.435. The number of nitrogens with one attached hydrogen (secondary N) is 1. The first-order valence-electron chi connectivity index (χ1n) is 10.4. The van der Waals surface area contributed by atoms with Gasteiger partial charge in [-0.15, -0.1) is 0 Å². The molecule has 166 valence electrons. The molecule has 0 radical (unpaired) electrons. The van der Waals surface area contributed by atoms with Gasteiger partial charge < -0.3 is 24.6 Å². The Labute approximate surface area is 183 Å². The highest BCUT2D eigenvalue weighted by molar-refractivity contribution is 5.82. The average molecular weight is 427 g/mol. The largest absolute Gasteiger partial charge is 0.487 e. The van der Waals surface area contributed by atoms with Crippen molar-refractivity contribution in [2.24, 2.45) is 0 Å². The Morgan fingerprint density at radius 2 is 1.74 bits per heavy atom. The number of nitrogens with zero attached hydrogens (tertiary/aromatic N) is 3. The lowest BCUT2D eigenvalue weighted by atomic mass is 10.2. The van der Waals surface area contributed by atoms with Gasteiger partial charge >= 0.3 is 6.09 Å². The van der Waals surface area contributed by atoms with Crippen LogP contribution in [0.5, 0.6) is 5.75 Å². The van der Waals surface area contributed by atoms with Gasteiger partial charge in [-0.25, -0.2) is 9.78 Å². The van der Waals surface area contributed by atoms with Crippen molar-refractivity contribution in [3.8, 4) is 5.75 Å². The lowest BCUT2D eigenvalue weighted by Gasteiger charge is -2.35. The van der Waals surface area contributed by atoms with Crippen LogP contribution in [0.1, 0.15) is 26.3 Å². The summed E-state index contributed by atoms with van der Waals surface area (Å²) >= 11 is 0. The predicted octanol–water partition coefficient (Wildman–Crippen LogP) is 2.83. The Morgan fingerprint density at radius 3 is 2.35 bits per heavy atom. The molecule has 1 aromatic carbocycles. The van der Waals surface area contributed by atoms with Gasteiger partial charge in [-0.2, -0.15) is 0 Å². The molecule has 0 spiro atoms. The Kier molecular flexibility index (Phi) is 7.33. The van der Waals surface area contributed by atoms with Gasteiger partial charge in [0.05, 0.1) is 6.20 Å². The number of amides is 2. The third kappa shape index (κ3) is 7.16. The maximum Gasteiger partial charge on any atom is 0.408 e. The Hall–Kier alpha value is -3.29. The van der Waals surface area contributed by atoms with E-state index in [-0.39, 0.29) is 12.5 Å². The summed E-state index contributed by atoms with van der Waals surface area (Å²) in [4.78, 5) is 32.4. The molecule has 2 heterocycles. The third-order valence-corrected chi connectivity index (χ3v) is 4.71. The molecule has 31 heavy (non-hydrogen) atoms. The lowest BCUT2D eigenvalue weighted by Crippen LogP contribution is -2.51. The van der Waals surface area contributed by atoms with Gasteiger partial charge in [0.2, 0.25) is 5.91 Å². The van der Waals surface area contributed by atoms with Crippen LogP contribution in [-0.4, -0.2) is 60.2 Å². The van der Waals surface area contributed by atoms with Crippen LogP contribution in [0.4, 0.5) is 10.6 Å².